The van der Waals surface area contributed by atoms with Gasteiger partial charge in [-0.2, -0.15) is 5.26 Å². The molecule has 9 rings (SSSR count). The Morgan fingerprint density at radius 1 is 0.921 bits per heavy atom. The highest BCUT2D eigenvalue weighted by atomic mass is 35.5. The van der Waals surface area contributed by atoms with Crippen molar-refractivity contribution in [3.8, 4) is 23.3 Å². The molecule has 2 saturated heterocycles. The Morgan fingerprint density at radius 2 is 1.68 bits per heavy atom. The van der Waals surface area contributed by atoms with E-state index < -0.39 is 11.9 Å². The van der Waals surface area contributed by atoms with Gasteiger partial charge in [0, 0.05) is 95.7 Å². The molecule has 19 heteroatoms. The van der Waals surface area contributed by atoms with Gasteiger partial charge in [-0.25, -0.2) is 10.1 Å². The van der Waals surface area contributed by atoms with Crippen LogP contribution < -0.4 is 45.9 Å². The number of hydrogen-bond acceptors (Lipinski definition) is 16. The summed E-state index contributed by atoms with van der Waals surface area (Å²) in [7, 11) is 4.80. The number of carboxylic acid groups (broad SMARTS) is 1. The molecular formula is C57H72ClN11O6S. The number of methoxy groups -OCH3 is 2. The number of carbonyl (C=O) groups excluding carboxylic acids is 1. The molecule has 1 saturated carbocycles. The van der Waals surface area contributed by atoms with Crippen LogP contribution in [0.3, 0.4) is 0 Å². The Morgan fingerprint density at radius 3 is 2.34 bits per heavy atom. The highest BCUT2D eigenvalue weighted by Gasteiger charge is 2.29. The second-order valence-electron chi connectivity index (χ2n) is 20.3. The van der Waals surface area contributed by atoms with E-state index in [1.165, 1.54) is 30.0 Å². The highest BCUT2D eigenvalue weighted by molar-refractivity contribution is 7.97. The normalized spacial score (nSPS) is 17.9. The molecule has 3 aliphatic heterocycles. The quantitative estimate of drug-likeness (QED) is 0.0334. The number of carboxylic acids is 1. The summed E-state index contributed by atoms with van der Waals surface area (Å²) in [6.45, 7) is 12.6. The number of carbonyl (C=O) groups is 2. The largest absolute Gasteiger partial charge is 0.497 e. The monoisotopic (exact) mass is 1070 g/mol. The average Bonchev–Trinajstić information content (AvgIpc) is 3.58. The lowest BCUT2D eigenvalue weighted by molar-refractivity contribution is -0.137. The van der Waals surface area contributed by atoms with E-state index in [1.807, 2.05) is 30.3 Å². The number of rotatable bonds is 15. The molecule has 4 heterocycles. The molecule has 5 aromatic rings. The number of aromatic nitrogens is 2. The minimum absolute atomic E-state index is 0.0380. The van der Waals surface area contributed by atoms with E-state index >= 15 is 0 Å². The fraction of sp³-hybridized carbons (Fsp3) is 0.456. The van der Waals surface area contributed by atoms with Crippen LogP contribution in [0.4, 0.5) is 22.9 Å². The van der Waals surface area contributed by atoms with Crippen LogP contribution in [-0.2, 0) is 11.3 Å². The lowest BCUT2D eigenvalue weighted by atomic mass is 9.86. The molecule has 0 radical (unpaired) electrons. The number of nitrogens with zero attached hydrogens (tertiary/aromatic N) is 8. The average molecular weight is 1070 g/mol. The molecule has 76 heavy (non-hydrogen) atoms. The molecule has 2 atom stereocenters. The molecule has 4 aromatic carbocycles. The minimum Gasteiger partial charge on any atom is -0.497 e. The SMILES string of the molecule is COc1cc(C(CC(=O)O)c2ccc(C)c(CN3CC(C)Oc4cc(N5CCN(CC6CCN(c7ccc(C(=O)NC8CCCCC8)nn7)CC6)CC5)ccc4S3)c2)cc(N)c1N(C)N.COc1ccc(C#N)c(Cl)c1. The van der Waals surface area contributed by atoms with Gasteiger partial charge in [-0.3, -0.25) is 14.5 Å². The van der Waals surface area contributed by atoms with Gasteiger partial charge >= 0.3 is 5.97 Å². The van der Waals surface area contributed by atoms with E-state index in [-0.39, 0.29) is 24.5 Å². The van der Waals surface area contributed by atoms with Crippen molar-refractivity contribution in [2.75, 3.05) is 94.2 Å². The zero-order chi connectivity index (χ0) is 53.9. The van der Waals surface area contributed by atoms with Gasteiger partial charge in [0.15, 0.2) is 11.5 Å². The summed E-state index contributed by atoms with van der Waals surface area (Å²) >= 11 is 7.42. The van der Waals surface area contributed by atoms with Crippen LogP contribution in [0.5, 0.6) is 17.2 Å². The molecule has 3 fully saturated rings. The summed E-state index contributed by atoms with van der Waals surface area (Å²) in [4.78, 5) is 33.4. The van der Waals surface area contributed by atoms with Crippen LogP contribution >= 0.6 is 23.5 Å². The van der Waals surface area contributed by atoms with Crippen LogP contribution in [0.1, 0.15) is 103 Å². The van der Waals surface area contributed by atoms with E-state index in [2.05, 4.69) is 78.7 Å². The number of fused-ring (bicyclic) bond motifs is 1. The number of halogens is 1. The van der Waals surface area contributed by atoms with Crippen molar-refractivity contribution in [2.45, 2.75) is 94.7 Å². The fourth-order valence-electron chi connectivity index (χ4n) is 10.7. The first kappa shape index (κ1) is 55.7. The topological polar surface area (TPSA) is 212 Å². The van der Waals surface area contributed by atoms with Crippen molar-refractivity contribution in [3.05, 3.63) is 117 Å². The maximum absolute atomic E-state index is 12.7. The number of piperazine rings is 1. The van der Waals surface area contributed by atoms with Crippen LogP contribution in [0.25, 0.3) is 0 Å². The van der Waals surface area contributed by atoms with Gasteiger partial charge in [0.25, 0.3) is 5.91 Å². The maximum Gasteiger partial charge on any atom is 0.304 e. The van der Waals surface area contributed by atoms with Crippen molar-refractivity contribution in [2.24, 2.45) is 11.8 Å². The van der Waals surface area contributed by atoms with Gasteiger partial charge in [0.2, 0.25) is 0 Å². The number of piperidine rings is 1. The molecule has 2 unspecified atom stereocenters. The summed E-state index contributed by atoms with van der Waals surface area (Å²) in [6, 6.07) is 27.4. The molecule has 0 bridgehead atoms. The number of ether oxygens (including phenoxy) is 3. The summed E-state index contributed by atoms with van der Waals surface area (Å²) in [5.74, 6) is 8.14. The number of anilines is 4. The Balaban J connectivity index is 0.000000619. The first-order valence-corrected chi connectivity index (χ1v) is 27.4. The Labute approximate surface area is 456 Å². The zero-order valence-corrected chi connectivity index (χ0v) is 45.9. The van der Waals surface area contributed by atoms with Gasteiger partial charge in [-0.1, -0.05) is 49.1 Å². The second-order valence-corrected chi connectivity index (χ2v) is 21.9. The van der Waals surface area contributed by atoms with E-state index in [1.54, 1.807) is 57.5 Å². The Hall–Kier alpha value is -6.49. The number of nitrogen functional groups attached to an aromatic ring is 1. The third-order valence-corrected chi connectivity index (χ3v) is 16.2. The number of nitrogens with two attached hydrogens (primary N) is 2. The van der Waals surface area contributed by atoms with Gasteiger partial charge in [-0.15, -0.1) is 10.2 Å². The number of aryl methyl sites for hydroxylation is 1. The van der Waals surface area contributed by atoms with E-state index in [0.29, 0.717) is 51.6 Å². The minimum atomic E-state index is -0.901. The molecule has 17 nitrogen and oxygen atoms in total. The first-order valence-electron chi connectivity index (χ1n) is 26.3. The molecule has 404 valence electrons. The Bertz CT molecular complexity index is 2830. The van der Waals surface area contributed by atoms with Gasteiger partial charge in [0.1, 0.15) is 35.1 Å². The molecule has 1 aliphatic carbocycles. The van der Waals surface area contributed by atoms with Gasteiger partial charge in [-0.05, 0) is 128 Å². The predicted octanol–water partition coefficient (Wildman–Crippen LogP) is 8.90. The predicted molar refractivity (Wildman–Crippen MR) is 301 cm³/mol. The number of aliphatic carboxylic acids is 1. The molecule has 1 aromatic heterocycles. The summed E-state index contributed by atoms with van der Waals surface area (Å²) in [5.41, 5.74) is 13.4. The number of hydrogen-bond donors (Lipinski definition) is 4. The number of amides is 1. The fourth-order valence-corrected chi connectivity index (χ4v) is 12.0. The zero-order valence-electron chi connectivity index (χ0n) is 44.3. The van der Waals surface area contributed by atoms with Crippen LogP contribution in [0.2, 0.25) is 5.02 Å². The van der Waals surface area contributed by atoms with Crippen molar-refractivity contribution in [3.63, 3.8) is 0 Å². The van der Waals surface area contributed by atoms with Crippen LogP contribution in [0, 0.1) is 24.2 Å². The standard InChI is InChI=1S/C49H66N10O5S.C8H6ClNO/c1-32-10-11-35(40(28-47(60)61)36-25-41(50)48(55(3)51)44(26-36)63-4)24-37(32)31-59-29-33(2)64-43-27-39(12-14-45(43)65-59)57-22-20-56(21-23-57)30-34-16-18-58(19-17-34)46-15-13-42(53-54-46)49(62)52-38-8-6-5-7-9-38;1-11-7-3-2-6(5-10)8(9)4-7/h10-15,24-27,33-34,38,40H,5-9,16-23,28-31,50-51H2,1-4H3,(H,52,62)(H,60,61);2-4H,1H3. The third kappa shape index (κ3) is 14.3. The number of benzene rings is 4. The lowest BCUT2D eigenvalue weighted by Gasteiger charge is -2.39. The van der Waals surface area contributed by atoms with Crippen LogP contribution in [0.15, 0.2) is 83.8 Å². The van der Waals surface area contributed by atoms with Crippen molar-refractivity contribution >= 4 is 58.3 Å². The molecule has 4 aliphatic rings. The van der Waals surface area contributed by atoms with E-state index in [0.717, 1.165) is 117 Å². The van der Waals surface area contributed by atoms with Gasteiger partial charge < -0.3 is 45.2 Å². The number of nitrogens with one attached hydrogen (secondary N) is 1. The van der Waals surface area contributed by atoms with Crippen molar-refractivity contribution < 1.29 is 28.9 Å². The second kappa shape index (κ2) is 26.0. The van der Waals surface area contributed by atoms with Crippen molar-refractivity contribution in [1.82, 2.24) is 24.7 Å². The summed E-state index contributed by atoms with van der Waals surface area (Å²) < 4.78 is 19.5. The third-order valence-electron chi connectivity index (χ3n) is 14.9. The first-order chi connectivity index (χ1) is 36.7. The summed E-state index contributed by atoms with van der Waals surface area (Å²) in [5, 5.41) is 32.2. The number of nitriles is 1. The van der Waals surface area contributed by atoms with E-state index in [4.69, 9.17) is 42.6 Å². The van der Waals surface area contributed by atoms with Gasteiger partial charge in [0.05, 0.1) is 41.8 Å². The highest BCUT2D eigenvalue weighted by Crippen LogP contribution is 2.42. The summed E-state index contributed by atoms with van der Waals surface area (Å²) in [6.07, 6.45) is 7.80. The molecule has 6 N–H and O–H groups in total. The smallest absolute Gasteiger partial charge is 0.304 e. The lowest BCUT2D eigenvalue weighted by Crippen LogP contribution is -2.49. The molecule has 0 spiro atoms. The Kier molecular flexibility index (Phi) is 19.1. The van der Waals surface area contributed by atoms with Crippen LogP contribution in [-0.4, -0.2) is 122 Å². The molecular weight excluding hydrogens is 1000 g/mol. The molecule has 1 amide bonds. The van der Waals surface area contributed by atoms with Crippen molar-refractivity contribution in [1.29, 1.82) is 5.26 Å². The maximum atomic E-state index is 12.7. The van der Waals surface area contributed by atoms with E-state index in [9.17, 15) is 14.7 Å². The number of hydrazine groups is 1.